The van der Waals surface area contributed by atoms with Gasteiger partial charge in [0.15, 0.2) is 0 Å². The lowest BCUT2D eigenvalue weighted by Gasteiger charge is -2.43. The second kappa shape index (κ2) is 6.18. The molecule has 1 aliphatic heterocycles. The van der Waals surface area contributed by atoms with Crippen LogP contribution in [0.4, 0.5) is 0 Å². The molecule has 1 amide bonds. The molecule has 3 aliphatic rings. The van der Waals surface area contributed by atoms with Crippen LogP contribution < -0.4 is 5.32 Å². The molecule has 1 aromatic carbocycles. The summed E-state index contributed by atoms with van der Waals surface area (Å²) in [6.07, 6.45) is 7.76. The number of hydrogen-bond acceptors (Lipinski definition) is 2. The molecule has 0 radical (unpaired) electrons. The van der Waals surface area contributed by atoms with E-state index in [0.717, 1.165) is 18.4 Å². The third kappa shape index (κ3) is 2.67. The van der Waals surface area contributed by atoms with Gasteiger partial charge >= 0.3 is 0 Å². The van der Waals surface area contributed by atoms with E-state index in [1.54, 1.807) is 6.92 Å². The molecule has 2 fully saturated rings. The van der Waals surface area contributed by atoms with Crippen LogP contribution in [0.15, 0.2) is 24.3 Å². The first kappa shape index (κ1) is 16.1. The number of carbonyl (C=O) groups excluding carboxylic acids is 1. The molecule has 1 spiro atoms. The molecule has 3 nitrogen and oxygen atoms in total. The predicted molar refractivity (Wildman–Crippen MR) is 96.9 cm³/mol. The Labute approximate surface area is 145 Å². The molecule has 2 unspecified atom stereocenters. The Bertz CT molecular complexity index is 618. The van der Waals surface area contributed by atoms with Crippen molar-refractivity contribution >= 4 is 5.91 Å². The molecule has 1 saturated carbocycles. The minimum absolute atomic E-state index is 0.0871. The van der Waals surface area contributed by atoms with Crippen molar-refractivity contribution in [2.75, 3.05) is 13.1 Å². The van der Waals surface area contributed by atoms with Crippen molar-refractivity contribution in [2.45, 2.75) is 69.9 Å². The van der Waals surface area contributed by atoms with E-state index in [2.05, 4.69) is 41.4 Å². The quantitative estimate of drug-likeness (QED) is 0.897. The zero-order chi connectivity index (χ0) is 16.7. The zero-order valence-electron chi connectivity index (χ0n) is 15.1. The molecule has 24 heavy (non-hydrogen) atoms. The largest absolute Gasteiger partial charge is 0.349 e. The van der Waals surface area contributed by atoms with Crippen LogP contribution in [0.25, 0.3) is 0 Å². The lowest BCUT2D eigenvalue weighted by Crippen LogP contribution is -2.47. The van der Waals surface area contributed by atoms with Crippen molar-refractivity contribution in [2.24, 2.45) is 5.92 Å². The summed E-state index contributed by atoms with van der Waals surface area (Å²) in [6.45, 7) is 6.50. The SMILES string of the molecule is CC(=O)N[C@H]1CC2(CCN(C3CCCC3C)CC2)c2ccccc21. The van der Waals surface area contributed by atoms with Crippen molar-refractivity contribution < 1.29 is 4.79 Å². The van der Waals surface area contributed by atoms with E-state index < -0.39 is 0 Å². The topological polar surface area (TPSA) is 32.3 Å². The maximum Gasteiger partial charge on any atom is 0.217 e. The summed E-state index contributed by atoms with van der Waals surface area (Å²) in [5.74, 6) is 0.950. The van der Waals surface area contributed by atoms with Gasteiger partial charge in [-0.2, -0.15) is 0 Å². The number of benzene rings is 1. The van der Waals surface area contributed by atoms with Gasteiger partial charge in [0.1, 0.15) is 0 Å². The summed E-state index contributed by atoms with van der Waals surface area (Å²) in [7, 11) is 0. The molecule has 2 aliphatic carbocycles. The van der Waals surface area contributed by atoms with Gasteiger partial charge in [-0.1, -0.05) is 37.6 Å². The van der Waals surface area contributed by atoms with Crippen LogP contribution in [0.2, 0.25) is 0 Å². The van der Waals surface area contributed by atoms with Crippen molar-refractivity contribution in [1.82, 2.24) is 10.2 Å². The molecule has 0 bridgehead atoms. The monoisotopic (exact) mass is 326 g/mol. The number of carbonyl (C=O) groups is 1. The Morgan fingerprint density at radius 2 is 1.96 bits per heavy atom. The van der Waals surface area contributed by atoms with E-state index in [0.29, 0.717) is 0 Å². The highest BCUT2D eigenvalue weighted by atomic mass is 16.1. The van der Waals surface area contributed by atoms with E-state index >= 15 is 0 Å². The van der Waals surface area contributed by atoms with Crippen LogP contribution in [-0.4, -0.2) is 29.9 Å². The van der Waals surface area contributed by atoms with Gasteiger partial charge in [-0.15, -0.1) is 0 Å². The van der Waals surface area contributed by atoms with Crippen LogP contribution in [0.1, 0.15) is 69.5 Å². The second-order valence-corrected chi connectivity index (χ2v) is 8.34. The molecule has 1 saturated heterocycles. The molecule has 4 rings (SSSR count). The Morgan fingerprint density at radius 3 is 2.62 bits per heavy atom. The fraction of sp³-hybridized carbons (Fsp3) is 0.667. The average Bonchev–Trinajstić information content (AvgIpc) is 3.12. The van der Waals surface area contributed by atoms with Gasteiger partial charge in [0.25, 0.3) is 0 Å². The Kier molecular flexibility index (Phi) is 4.16. The third-order valence-electron chi connectivity index (χ3n) is 6.92. The fourth-order valence-electron chi connectivity index (χ4n) is 5.69. The molecular formula is C21H30N2O. The van der Waals surface area contributed by atoms with Gasteiger partial charge in [0, 0.05) is 18.4 Å². The standard InChI is InChI=1S/C21H30N2O/c1-15-6-5-9-20(15)23-12-10-21(11-13-23)14-19(22-16(2)24)17-7-3-4-8-18(17)21/h3-4,7-8,15,19-20H,5-6,9-14H2,1-2H3,(H,22,24)/t15?,19-,20?/m0/s1. The van der Waals surface area contributed by atoms with Gasteiger partial charge in [0.2, 0.25) is 5.91 Å². The van der Waals surface area contributed by atoms with Gasteiger partial charge in [-0.25, -0.2) is 0 Å². The number of fused-ring (bicyclic) bond motifs is 2. The summed E-state index contributed by atoms with van der Waals surface area (Å²) in [5, 5.41) is 3.19. The molecule has 1 heterocycles. The number of nitrogens with one attached hydrogen (secondary N) is 1. The summed E-state index contributed by atoms with van der Waals surface area (Å²) in [5.41, 5.74) is 3.14. The van der Waals surface area contributed by atoms with Gasteiger partial charge in [-0.05, 0) is 62.2 Å². The lowest BCUT2D eigenvalue weighted by molar-refractivity contribution is -0.119. The maximum absolute atomic E-state index is 11.6. The zero-order valence-corrected chi connectivity index (χ0v) is 15.1. The highest BCUT2D eigenvalue weighted by Crippen LogP contribution is 2.51. The van der Waals surface area contributed by atoms with E-state index in [1.165, 1.54) is 56.3 Å². The molecule has 0 aromatic heterocycles. The van der Waals surface area contributed by atoms with E-state index in [4.69, 9.17) is 0 Å². The van der Waals surface area contributed by atoms with Crippen LogP contribution in [-0.2, 0) is 10.2 Å². The number of amides is 1. The molecule has 1 N–H and O–H groups in total. The summed E-state index contributed by atoms with van der Waals surface area (Å²) >= 11 is 0. The number of likely N-dealkylation sites (tertiary alicyclic amines) is 1. The van der Waals surface area contributed by atoms with Crippen LogP contribution in [0.3, 0.4) is 0 Å². The van der Waals surface area contributed by atoms with Crippen molar-refractivity contribution in [3.8, 4) is 0 Å². The number of hydrogen-bond donors (Lipinski definition) is 1. The number of rotatable bonds is 2. The number of piperidine rings is 1. The summed E-state index contributed by atoms with van der Waals surface area (Å²) < 4.78 is 0. The smallest absolute Gasteiger partial charge is 0.217 e. The van der Waals surface area contributed by atoms with Crippen molar-refractivity contribution in [1.29, 1.82) is 0 Å². The van der Waals surface area contributed by atoms with Crippen LogP contribution in [0, 0.1) is 5.92 Å². The summed E-state index contributed by atoms with van der Waals surface area (Å²) in [4.78, 5) is 14.4. The van der Waals surface area contributed by atoms with E-state index in [-0.39, 0.29) is 17.4 Å². The first-order valence-corrected chi connectivity index (χ1v) is 9.70. The van der Waals surface area contributed by atoms with Crippen LogP contribution in [0.5, 0.6) is 0 Å². The Balaban J connectivity index is 1.53. The van der Waals surface area contributed by atoms with Gasteiger partial charge in [-0.3, -0.25) is 4.79 Å². The Morgan fingerprint density at radius 1 is 1.21 bits per heavy atom. The normalized spacial score (nSPS) is 32.0. The summed E-state index contributed by atoms with van der Waals surface area (Å²) in [6, 6.07) is 9.83. The maximum atomic E-state index is 11.6. The molecular weight excluding hydrogens is 296 g/mol. The number of nitrogens with zero attached hydrogens (tertiary/aromatic N) is 1. The van der Waals surface area contributed by atoms with Gasteiger partial charge < -0.3 is 10.2 Å². The first-order valence-electron chi connectivity index (χ1n) is 9.70. The van der Waals surface area contributed by atoms with Crippen molar-refractivity contribution in [3.05, 3.63) is 35.4 Å². The molecule has 1 aromatic rings. The van der Waals surface area contributed by atoms with E-state index in [9.17, 15) is 4.79 Å². The molecule has 3 heteroatoms. The lowest BCUT2D eigenvalue weighted by atomic mass is 9.73. The molecule has 3 atom stereocenters. The highest BCUT2D eigenvalue weighted by molar-refractivity contribution is 5.73. The highest BCUT2D eigenvalue weighted by Gasteiger charge is 2.46. The van der Waals surface area contributed by atoms with E-state index in [1.807, 2.05) is 0 Å². The second-order valence-electron chi connectivity index (χ2n) is 8.34. The molecule has 130 valence electrons. The van der Waals surface area contributed by atoms with Crippen LogP contribution >= 0.6 is 0 Å². The first-order chi connectivity index (χ1) is 11.6. The van der Waals surface area contributed by atoms with Gasteiger partial charge in [0.05, 0.1) is 6.04 Å². The van der Waals surface area contributed by atoms with Crippen molar-refractivity contribution in [3.63, 3.8) is 0 Å². The minimum atomic E-state index is 0.0871. The third-order valence-corrected chi connectivity index (χ3v) is 6.92. The average molecular weight is 326 g/mol. The minimum Gasteiger partial charge on any atom is -0.349 e. The Hall–Kier alpha value is -1.35. The predicted octanol–water partition coefficient (Wildman–Crippen LogP) is 3.79. The fourth-order valence-corrected chi connectivity index (χ4v) is 5.69.